The van der Waals surface area contributed by atoms with Crippen LogP contribution in [0.1, 0.15) is 0 Å². The molecule has 10 nitrogen and oxygen atoms in total. The molecule has 104 valence electrons. The molecule has 0 aliphatic heterocycles. The molecule has 0 bridgehead atoms. The number of aliphatic hydroxyl groups is 2. The van der Waals surface area contributed by atoms with Crippen LogP contribution >= 0.6 is 0 Å². The van der Waals surface area contributed by atoms with Gasteiger partial charge in [-0.2, -0.15) is 25.3 Å². The van der Waals surface area contributed by atoms with Crippen molar-refractivity contribution in [3.05, 3.63) is 0 Å². The van der Waals surface area contributed by atoms with Crippen LogP contribution in [0.25, 0.3) is 0 Å². The second-order valence-corrected chi connectivity index (χ2v) is 7.47. The molecule has 0 atom stereocenters. The van der Waals surface area contributed by atoms with Gasteiger partial charge in [-0.25, -0.2) is 0 Å². The fourth-order valence-corrected chi connectivity index (χ4v) is 3.87. The lowest BCUT2D eigenvalue weighted by Gasteiger charge is -2.04. The van der Waals surface area contributed by atoms with Gasteiger partial charge in [-0.15, -0.1) is 7.26 Å². The zero-order valence-corrected chi connectivity index (χ0v) is 10.7. The highest BCUT2D eigenvalue weighted by molar-refractivity contribution is 8.03. The minimum absolute atomic E-state index is 0.915. The summed E-state index contributed by atoms with van der Waals surface area (Å²) in [4.78, 5) is 0. The second-order valence-electron chi connectivity index (χ2n) is 2.52. The first-order chi connectivity index (χ1) is 7.54. The van der Waals surface area contributed by atoms with E-state index < -0.39 is 55.4 Å². The van der Waals surface area contributed by atoms with E-state index >= 15 is 0 Å². The van der Waals surface area contributed by atoms with Crippen LogP contribution in [0.15, 0.2) is 0 Å². The molecular weight excluding hydrogens is 304 g/mol. The van der Waals surface area contributed by atoms with Gasteiger partial charge in [-0.1, -0.05) is 0 Å². The predicted octanol–water partition coefficient (Wildman–Crippen LogP) is -3.09. The average molecular weight is 314 g/mol. The molecule has 0 amide bonds. The number of rotatable bonds is 8. The average Bonchev–Trinajstić information content (AvgIpc) is 1.96. The maximum atomic E-state index is 10.8. The molecule has 0 fully saturated rings. The van der Waals surface area contributed by atoms with Crippen molar-refractivity contribution >= 4 is 30.6 Å². The van der Waals surface area contributed by atoms with E-state index in [0.717, 1.165) is 0 Å². The van der Waals surface area contributed by atoms with E-state index in [1.807, 2.05) is 0 Å². The summed E-state index contributed by atoms with van der Waals surface area (Å²) in [5, 5.41) is 16.5. The lowest BCUT2D eigenvalue weighted by molar-refractivity contribution is 0.312. The summed E-state index contributed by atoms with van der Waals surface area (Å²) in [5.74, 6) is -2.09. The summed E-state index contributed by atoms with van der Waals surface area (Å²) in [7, 11) is -14.7. The molecule has 0 saturated heterocycles. The molecule has 0 radical (unpaired) electrons. The highest BCUT2D eigenvalue weighted by atomic mass is 32.3. The largest absolute Gasteiger partial charge is 0.429 e. The van der Waals surface area contributed by atoms with Gasteiger partial charge in [0, 0.05) is 0 Å². The quantitative estimate of drug-likeness (QED) is 0.469. The molecule has 0 spiro atoms. The van der Waals surface area contributed by atoms with E-state index in [1.165, 1.54) is 0 Å². The van der Waals surface area contributed by atoms with E-state index in [4.69, 9.17) is 10.2 Å². The SMILES string of the molecule is O=S(=O)(CCO)OS(=O)(=O)OS(=O)(=O)CCO. The van der Waals surface area contributed by atoms with Gasteiger partial charge in [0.25, 0.3) is 20.2 Å². The van der Waals surface area contributed by atoms with E-state index in [2.05, 4.69) is 7.26 Å². The Kier molecular flexibility index (Phi) is 5.92. The molecule has 0 aromatic carbocycles. The minimum Gasteiger partial charge on any atom is -0.395 e. The second kappa shape index (κ2) is 6.03. The van der Waals surface area contributed by atoms with Crippen molar-refractivity contribution in [1.82, 2.24) is 0 Å². The maximum absolute atomic E-state index is 10.8. The standard InChI is InChI=1S/C4H10O10S3/c5-1-3-15(7,8)13-17(11,12)14-16(9,10)4-2-6/h5-6H,1-4H2. The summed E-state index contributed by atoms with van der Waals surface area (Å²) < 4.78 is 71.8. The van der Waals surface area contributed by atoms with E-state index in [0.29, 0.717) is 0 Å². The molecule has 0 saturated carbocycles. The first-order valence-electron chi connectivity index (χ1n) is 3.88. The molecule has 0 aliphatic carbocycles. The molecule has 0 heterocycles. The normalized spacial score (nSPS) is 13.8. The van der Waals surface area contributed by atoms with Crippen molar-refractivity contribution < 1.29 is 42.7 Å². The smallest absolute Gasteiger partial charge is 0.395 e. The van der Waals surface area contributed by atoms with Gasteiger partial charge in [0.2, 0.25) is 0 Å². The fraction of sp³-hybridized carbons (Fsp3) is 1.00. The number of aliphatic hydroxyl groups excluding tert-OH is 2. The third-order valence-electron chi connectivity index (χ3n) is 1.06. The molecule has 0 rings (SSSR count). The molecule has 0 aliphatic rings. The monoisotopic (exact) mass is 314 g/mol. The van der Waals surface area contributed by atoms with Crippen molar-refractivity contribution in [1.29, 1.82) is 0 Å². The predicted molar refractivity (Wildman–Crippen MR) is 52.8 cm³/mol. The molecular formula is C4H10O10S3. The van der Waals surface area contributed by atoms with Crippen LogP contribution in [0.5, 0.6) is 0 Å². The van der Waals surface area contributed by atoms with Crippen LogP contribution in [0.3, 0.4) is 0 Å². The first kappa shape index (κ1) is 16.7. The summed E-state index contributed by atoms with van der Waals surface area (Å²) in [6.45, 7) is -1.83. The van der Waals surface area contributed by atoms with Crippen LogP contribution in [-0.4, -0.2) is 60.2 Å². The third-order valence-corrected chi connectivity index (χ3v) is 5.41. The van der Waals surface area contributed by atoms with Crippen LogP contribution in [0.2, 0.25) is 0 Å². The van der Waals surface area contributed by atoms with Crippen molar-refractivity contribution in [3.63, 3.8) is 0 Å². The minimum atomic E-state index is -5.34. The van der Waals surface area contributed by atoms with Crippen LogP contribution in [0, 0.1) is 0 Å². The highest BCUT2D eigenvalue weighted by Gasteiger charge is 2.29. The van der Waals surface area contributed by atoms with Crippen molar-refractivity contribution in [3.8, 4) is 0 Å². The Morgan fingerprint density at radius 3 is 1.24 bits per heavy atom. The van der Waals surface area contributed by atoms with E-state index in [9.17, 15) is 25.3 Å². The number of hydrogen-bond acceptors (Lipinski definition) is 10. The first-order valence-corrected chi connectivity index (χ1v) is 8.36. The Hall–Kier alpha value is -0.310. The molecule has 0 unspecified atom stereocenters. The summed E-state index contributed by atoms with van der Waals surface area (Å²) in [6.07, 6.45) is 0. The van der Waals surface area contributed by atoms with Crippen LogP contribution in [0.4, 0.5) is 0 Å². The Balaban J connectivity index is 4.85. The van der Waals surface area contributed by atoms with Crippen molar-refractivity contribution in [2.75, 3.05) is 24.7 Å². The lowest BCUT2D eigenvalue weighted by Crippen LogP contribution is -2.24. The molecule has 0 aromatic rings. The fourth-order valence-electron chi connectivity index (χ4n) is 0.557. The van der Waals surface area contributed by atoms with E-state index in [-0.39, 0.29) is 0 Å². The zero-order chi connectivity index (χ0) is 13.7. The van der Waals surface area contributed by atoms with Gasteiger partial charge in [0.15, 0.2) is 0 Å². The van der Waals surface area contributed by atoms with Gasteiger partial charge in [0.1, 0.15) is 0 Å². The van der Waals surface area contributed by atoms with Gasteiger partial charge in [0.05, 0.1) is 24.7 Å². The zero-order valence-electron chi connectivity index (χ0n) is 8.21. The summed E-state index contributed by atoms with van der Waals surface area (Å²) in [6, 6.07) is 0. The van der Waals surface area contributed by atoms with E-state index in [1.54, 1.807) is 0 Å². The lowest BCUT2D eigenvalue weighted by atomic mass is 10.9. The van der Waals surface area contributed by atoms with Crippen molar-refractivity contribution in [2.24, 2.45) is 0 Å². The highest BCUT2D eigenvalue weighted by Crippen LogP contribution is 2.08. The van der Waals surface area contributed by atoms with Gasteiger partial charge >= 0.3 is 10.4 Å². The molecule has 0 aromatic heterocycles. The number of hydrogen-bond donors (Lipinski definition) is 2. The third kappa shape index (κ3) is 7.58. The van der Waals surface area contributed by atoms with Gasteiger partial charge in [-0.3, -0.25) is 0 Å². The van der Waals surface area contributed by atoms with Crippen LogP contribution < -0.4 is 0 Å². The van der Waals surface area contributed by atoms with Crippen LogP contribution in [-0.2, 0) is 37.9 Å². The Morgan fingerprint density at radius 1 is 0.706 bits per heavy atom. The summed E-state index contributed by atoms with van der Waals surface area (Å²) in [5.41, 5.74) is 0. The molecule has 17 heavy (non-hydrogen) atoms. The van der Waals surface area contributed by atoms with Gasteiger partial charge < -0.3 is 10.2 Å². The maximum Gasteiger partial charge on any atom is 0.429 e. The van der Waals surface area contributed by atoms with Crippen molar-refractivity contribution in [2.45, 2.75) is 0 Å². The molecule has 2 N–H and O–H groups in total. The summed E-state index contributed by atoms with van der Waals surface area (Å²) >= 11 is 0. The molecule has 13 heteroatoms. The Bertz CT molecular complexity index is 480. The topological polar surface area (TPSA) is 161 Å². The van der Waals surface area contributed by atoms with Gasteiger partial charge in [-0.05, 0) is 0 Å². The Morgan fingerprint density at radius 2 is 1.00 bits per heavy atom. The Labute approximate surface area is 98.4 Å².